The molecule has 37 heavy (non-hydrogen) atoms. The van der Waals surface area contributed by atoms with Gasteiger partial charge in [0.25, 0.3) is 11.1 Å². The Labute approximate surface area is 221 Å². The molecule has 3 heterocycles. The summed E-state index contributed by atoms with van der Waals surface area (Å²) in [5, 5.41) is 1.95. The molecule has 8 nitrogen and oxygen atoms in total. The molecular formula is C28H30N6O2S. The smallest absolute Gasteiger partial charge is 0.290 e. The van der Waals surface area contributed by atoms with E-state index in [0.717, 1.165) is 56.7 Å². The highest BCUT2D eigenvalue weighted by molar-refractivity contribution is 8.18. The molecule has 9 heteroatoms. The number of anilines is 3. The number of aromatic nitrogens is 2. The number of carbonyl (C=O) groups excluding carboxylic acids is 2. The van der Waals surface area contributed by atoms with Gasteiger partial charge in [-0.05, 0) is 48.9 Å². The summed E-state index contributed by atoms with van der Waals surface area (Å²) in [5.41, 5.74) is 4.34. The maximum absolute atomic E-state index is 12.2. The van der Waals surface area contributed by atoms with Gasteiger partial charge in [0, 0.05) is 51.5 Å². The molecule has 0 bridgehead atoms. The largest absolute Gasteiger partial charge is 0.368 e. The number of aryl methyl sites for hydroxylation is 1. The van der Waals surface area contributed by atoms with Crippen molar-refractivity contribution in [2.75, 3.05) is 54.5 Å². The molecule has 0 aliphatic carbocycles. The number of rotatable bonds is 7. The number of thioether (sulfide) groups is 1. The predicted molar refractivity (Wildman–Crippen MR) is 150 cm³/mol. The molecule has 190 valence electrons. The van der Waals surface area contributed by atoms with Crippen molar-refractivity contribution in [1.29, 1.82) is 0 Å². The molecule has 2 amide bonds. The van der Waals surface area contributed by atoms with Crippen LogP contribution in [0.15, 0.2) is 65.6 Å². The van der Waals surface area contributed by atoms with E-state index in [-0.39, 0.29) is 11.1 Å². The fourth-order valence-electron chi connectivity index (χ4n) is 4.38. The molecule has 2 saturated heterocycles. The number of nitrogens with zero attached hydrogens (tertiary/aromatic N) is 5. The zero-order chi connectivity index (χ0) is 25.8. The fourth-order valence-corrected chi connectivity index (χ4v) is 5.05. The highest BCUT2D eigenvalue weighted by atomic mass is 32.2. The standard InChI is InChI=1S/C28H30N6O2S/c1-20-8-10-23(11-9-20)33-14-16-34(17-15-33)27-29-22(18-24-26(35)31-28(36)37-24)19-25(30-27)32(2)13-12-21-6-4-3-5-7-21/h3-11,18-19H,12-17H2,1-2H3,(H,31,35,36)/b24-18-. The maximum Gasteiger partial charge on any atom is 0.290 e. The predicted octanol–water partition coefficient (Wildman–Crippen LogP) is 4.11. The Morgan fingerprint density at radius 1 is 0.973 bits per heavy atom. The molecule has 5 rings (SSSR count). The van der Waals surface area contributed by atoms with E-state index in [1.165, 1.54) is 16.8 Å². The molecule has 3 aromatic rings. The number of imide groups is 1. The Kier molecular flexibility index (Phi) is 7.41. The van der Waals surface area contributed by atoms with Crippen LogP contribution in [-0.2, 0) is 11.2 Å². The summed E-state index contributed by atoms with van der Waals surface area (Å²) < 4.78 is 0. The minimum Gasteiger partial charge on any atom is -0.368 e. The van der Waals surface area contributed by atoms with Crippen molar-refractivity contribution in [3.05, 3.63) is 82.4 Å². The first-order valence-corrected chi connectivity index (χ1v) is 13.2. The molecular weight excluding hydrogens is 484 g/mol. The third-order valence-corrected chi connectivity index (χ3v) is 7.38. The Hall–Kier alpha value is -3.85. The van der Waals surface area contributed by atoms with Crippen molar-refractivity contribution in [2.24, 2.45) is 0 Å². The van der Waals surface area contributed by atoms with E-state index in [4.69, 9.17) is 9.97 Å². The second-order valence-electron chi connectivity index (χ2n) is 9.27. The zero-order valence-corrected chi connectivity index (χ0v) is 21.9. The first kappa shape index (κ1) is 24.8. The zero-order valence-electron chi connectivity index (χ0n) is 21.1. The summed E-state index contributed by atoms with van der Waals surface area (Å²) in [6.07, 6.45) is 2.56. The summed E-state index contributed by atoms with van der Waals surface area (Å²) >= 11 is 0.898. The summed E-state index contributed by atoms with van der Waals surface area (Å²) in [7, 11) is 2.02. The second-order valence-corrected chi connectivity index (χ2v) is 10.3. The van der Waals surface area contributed by atoms with Crippen LogP contribution in [0, 0.1) is 6.92 Å². The average molecular weight is 515 g/mol. The van der Waals surface area contributed by atoms with E-state index in [0.29, 0.717) is 16.5 Å². The minimum atomic E-state index is -0.388. The van der Waals surface area contributed by atoms with Crippen molar-refractivity contribution in [1.82, 2.24) is 15.3 Å². The number of amides is 2. The van der Waals surface area contributed by atoms with Crippen LogP contribution in [-0.4, -0.2) is 60.9 Å². The number of likely N-dealkylation sites (N-methyl/N-ethyl adjacent to an activating group) is 1. The van der Waals surface area contributed by atoms with E-state index in [1.807, 2.05) is 31.3 Å². The van der Waals surface area contributed by atoms with E-state index in [9.17, 15) is 9.59 Å². The Morgan fingerprint density at radius 2 is 1.68 bits per heavy atom. The molecule has 0 radical (unpaired) electrons. The molecule has 2 fully saturated rings. The SMILES string of the molecule is Cc1ccc(N2CCN(c3nc(/C=C4\SC(=O)NC4=O)cc(N(C)CCc4ccccc4)n3)CC2)cc1. The van der Waals surface area contributed by atoms with Gasteiger partial charge in [-0.15, -0.1) is 0 Å². The number of carbonyl (C=O) groups is 2. The number of hydrogen-bond donors (Lipinski definition) is 1. The van der Waals surface area contributed by atoms with Crippen LogP contribution in [0.3, 0.4) is 0 Å². The number of hydrogen-bond acceptors (Lipinski definition) is 8. The van der Waals surface area contributed by atoms with Crippen molar-refractivity contribution in [3.63, 3.8) is 0 Å². The van der Waals surface area contributed by atoms with Crippen LogP contribution in [0.5, 0.6) is 0 Å². The molecule has 2 aromatic carbocycles. The molecule has 2 aliphatic heterocycles. The molecule has 1 aromatic heterocycles. The van der Waals surface area contributed by atoms with E-state index in [2.05, 4.69) is 63.3 Å². The van der Waals surface area contributed by atoms with Gasteiger partial charge in [-0.3, -0.25) is 14.9 Å². The fraction of sp³-hybridized carbons (Fsp3) is 0.286. The lowest BCUT2D eigenvalue weighted by Gasteiger charge is -2.36. The first-order chi connectivity index (χ1) is 17.9. The molecule has 1 N–H and O–H groups in total. The van der Waals surface area contributed by atoms with Crippen LogP contribution in [0.4, 0.5) is 22.2 Å². The van der Waals surface area contributed by atoms with Gasteiger partial charge in [-0.2, -0.15) is 4.98 Å². The normalized spacial score (nSPS) is 16.9. The highest BCUT2D eigenvalue weighted by Gasteiger charge is 2.26. The van der Waals surface area contributed by atoms with E-state index >= 15 is 0 Å². The topological polar surface area (TPSA) is 81.7 Å². The first-order valence-electron chi connectivity index (χ1n) is 12.4. The molecule has 0 spiro atoms. The third kappa shape index (κ3) is 6.11. The van der Waals surface area contributed by atoms with Crippen LogP contribution in [0.1, 0.15) is 16.8 Å². The van der Waals surface area contributed by atoms with Gasteiger partial charge >= 0.3 is 0 Å². The van der Waals surface area contributed by atoms with Crippen LogP contribution in [0.25, 0.3) is 6.08 Å². The van der Waals surface area contributed by atoms with E-state index < -0.39 is 0 Å². The van der Waals surface area contributed by atoms with Gasteiger partial charge in [0.05, 0.1) is 10.6 Å². The van der Waals surface area contributed by atoms with Gasteiger partial charge in [-0.25, -0.2) is 4.98 Å². The Morgan fingerprint density at radius 3 is 2.35 bits per heavy atom. The van der Waals surface area contributed by atoms with Crippen LogP contribution in [0.2, 0.25) is 0 Å². The minimum absolute atomic E-state index is 0.344. The lowest BCUT2D eigenvalue weighted by atomic mass is 10.1. The summed E-state index contributed by atoms with van der Waals surface area (Å²) in [6.45, 7) is 6.18. The van der Waals surface area contributed by atoms with Gasteiger partial charge in [0.2, 0.25) is 5.95 Å². The lowest BCUT2D eigenvalue weighted by molar-refractivity contribution is -0.115. The summed E-state index contributed by atoms with van der Waals surface area (Å²) in [6, 6.07) is 20.8. The summed E-state index contributed by atoms with van der Waals surface area (Å²) in [4.78, 5) is 40.5. The quantitative estimate of drug-likeness (QED) is 0.472. The highest BCUT2D eigenvalue weighted by Crippen LogP contribution is 2.27. The van der Waals surface area contributed by atoms with Crippen LogP contribution >= 0.6 is 11.8 Å². The third-order valence-electron chi connectivity index (χ3n) is 6.57. The van der Waals surface area contributed by atoms with Gasteiger partial charge in [-0.1, -0.05) is 48.0 Å². The number of benzene rings is 2. The van der Waals surface area contributed by atoms with Crippen LogP contribution < -0.4 is 20.0 Å². The molecule has 0 saturated carbocycles. The number of piperazine rings is 1. The second kappa shape index (κ2) is 11.0. The van der Waals surface area contributed by atoms with Crippen molar-refractivity contribution in [2.45, 2.75) is 13.3 Å². The van der Waals surface area contributed by atoms with E-state index in [1.54, 1.807) is 6.08 Å². The van der Waals surface area contributed by atoms with Gasteiger partial charge in [0.15, 0.2) is 0 Å². The van der Waals surface area contributed by atoms with Crippen molar-refractivity contribution < 1.29 is 9.59 Å². The molecule has 0 atom stereocenters. The maximum atomic E-state index is 12.2. The Bertz CT molecular complexity index is 1300. The lowest BCUT2D eigenvalue weighted by Crippen LogP contribution is -2.47. The van der Waals surface area contributed by atoms with Crippen molar-refractivity contribution >= 4 is 46.4 Å². The molecule has 2 aliphatic rings. The van der Waals surface area contributed by atoms with Gasteiger partial charge in [0.1, 0.15) is 5.82 Å². The molecule has 0 unspecified atom stereocenters. The summed E-state index contributed by atoms with van der Waals surface area (Å²) in [5.74, 6) is 1.03. The average Bonchev–Trinajstić information content (AvgIpc) is 3.24. The Balaban J connectivity index is 1.37. The monoisotopic (exact) mass is 514 g/mol. The number of nitrogens with one attached hydrogen (secondary N) is 1. The van der Waals surface area contributed by atoms with Gasteiger partial charge < -0.3 is 14.7 Å². The van der Waals surface area contributed by atoms with Crippen molar-refractivity contribution in [3.8, 4) is 0 Å².